The third kappa shape index (κ3) is 6.57. The van der Waals surface area contributed by atoms with Crippen LogP contribution in [0.2, 0.25) is 0 Å². The van der Waals surface area contributed by atoms with Gasteiger partial charge in [-0.05, 0) is 0 Å². The van der Waals surface area contributed by atoms with Crippen LogP contribution < -0.4 is 18.7 Å². The second-order valence-corrected chi connectivity index (χ2v) is 17.7. The molecule has 226 valence electrons. The van der Waals surface area contributed by atoms with Crippen molar-refractivity contribution in [3.8, 4) is 52.4 Å². The molecule has 2 atom stereocenters. The summed E-state index contributed by atoms with van der Waals surface area (Å²) in [6.45, 7) is 0. The van der Waals surface area contributed by atoms with Gasteiger partial charge in [0.2, 0.25) is 0 Å². The maximum absolute atomic E-state index is 11.3. The second-order valence-electron chi connectivity index (χ2n) is 8.82. The van der Waals surface area contributed by atoms with E-state index in [-0.39, 0.29) is 23.0 Å². The van der Waals surface area contributed by atoms with E-state index in [0.717, 1.165) is 13.6 Å². The monoisotopic (exact) mass is 683 g/mol. The molecule has 0 aliphatic carbocycles. The summed E-state index contributed by atoms with van der Waals surface area (Å²) < 4.78 is 20.2. The van der Waals surface area contributed by atoms with Crippen molar-refractivity contribution in [3.63, 3.8) is 0 Å². The number of hydrogen-bond donors (Lipinski definition) is 0. The summed E-state index contributed by atoms with van der Waals surface area (Å²) in [6.07, 6.45) is 1.96. The molecule has 0 saturated heterocycles. The molecule has 1 aliphatic heterocycles. The van der Waals surface area contributed by atoms with Crippen molar-refractivity contribution < 1.29 is 18.7 Å². The predicted octanol–water partition coefficient (Wildman–Crippen LogP) is 8.61. The van der Waals surface area contributed by atoms with E-state index < -0.39 is 31.7 Å². The third-order valence-corrected chi connectivity index (χ3v) is 16.6. The van der Waals surface area contributed by atoms with Gasteiger partial charge in [0.05, 0.1) is 0 Å². The molecular formula is C29H21N9O4P4. The van der Waals surface area contributed by atoms with Crippen molar-refractivity contribution in [2.24, 2.45) is 4.52 Å². The van der Waals surface area contributed by atoms with Crippen LogP contribution >= 0.6 is 31.7 Å². The molecule has 17 heteroatoms. The van der Waals surface area contributed by atoms with Crippen LogP contribution in [0.3, 0.4) is 0 Å². The van der Waals surface area contributed by atoms with Crippen LogP contribution in [-0.4, -0.2) is 13.6 Å². The van der Waals surface area contributed by atoms with Crippen molar-refractivity contribution >= 4 is 31.7 Å². The second kappa shape index (κ2) is 14.7. The Morgan fingerprint density at radius 1 is 0.630 bits per heavy atom. The topological polar surface area (TPSA) is 178 Å². The van der Waals surface area contributed by atoms with E-state index in [1.165, 1.54) is 0 Å². The molecule has 0 N–H and O–H groups in total. The van der Waals surface area contributed by atoms with Gasteiger partial charge in [0, 0.05) is 0 Å². The molecule has 0 fully saturated rings. The van der Waals surface area contributed by atoms with Crippen molar-refractivity contribution in [1.82, 2.24) is 13.6 Å². The first-order chi connectivity index (χ1) is 22.5. The van der Waals surface area contributed by atoms with Crippen molar-refractivity contribution in [2.45, 2.75) is 0 Å². The predicted molar refractivity (Wildman–Crippen MR) is 173 cm³/mol. The fourth-order valence-corrected chi connectivity index (χ4v) is 15.1. The summed E-state index contributed by atoms with van der Waals surface area (Å²) in [5, 5.41) is 53.5. The quantitative estimate of drug-likeness (QED) is 0.128. The molecule has 5 rings (SSSR count). The summed E-state index contributed by atoms with van der Waals surface area (Å²) in [6, 6.07) is 33.1. The van der Waals surface area contributed by atoms with E-state index in [1.54, 1.807) is 121 Å². The number of nitriles is 5. The number of para-hydroxylation sites is 4. The van der Waals surface area contributed by atoms with Gasteiger partial charge in [-0.15, -0.1) is 0 Å². The van der Waals surface area contributed by atoms with Crippen molar-refractivity contribution in [3.05, 3.63) is 121 Å². The molecule has 0 radical (unpaired) electrons. The summed E-state index contributed by atoms with van der Waals surface area (Å²) >= 11 is 0. The van der Waals surface area contributed by atoms with Crippen LogP contribution in [0, 0.1) is 55.7 Å². The molecule has 0 saturated carbocycles. The molecule has 46 heavy (non-hydrogen) atoms. The van der Waals surface area contributed by atoms with Gasteiger partial charge in [-0.2, -0.15) is 0 Å². The van der Waals surface area contributed by atoms with Gasteiger partial charge in [0.15, 0.2) is 0 Å². The van der Waals surface area contributed by atoms with E-state index >= 15 is 0 Å². The Bertz CT molecular complexity index is 1910. The number of nitrogens with zero attached hydrogens (tertiary/aromatic N) is 9. The summed E-state index contributed by atoms with van der Waals surface area (Å²) in [7, 11) is -14.5. The Kier molecular flexibility index (Phi) is 10.3. The molecule has 1 aliphatic rings. The van der Waals surface area contributed by atoms with Crippen LogP contribution in [0.1, 0.15) is 0 Å². The zero-order valence-electron chi connectivity index (χ0n) is 23.5. The third-order valence-electron chi connectivity index (χ3n) is 5.90. The van der Waals surface area contributed by atoms with E-state index in [2.05, 4.69) is 10.3 Å². The van der Waals surface area contributed by atoms with Gasteiger partial charge in [0.25, 0.3) is 0 Å². The average molecular weight is 683 g/mol. The van der Waals surface area contributed by atoms with Crippen LogP contribution in [0.4, 0.5) is 0 Å². The zero-order valence-corrected chi connectivity index (χ0v) is 27.2. The summed E-state index contributed by atoms with van der Waals surface area (Å²) in [4.78, 5) is 12.7. The van der Waals surface area contributed by atoms with Gasteiger partial charge in [-0.3, -0.25) is 0 Å². The Morgan fingerprint density at radius 2 is 1.11 bits per heavy atom. The standard InChI is InChI=1S/C29H21N9O4P4/c30-21-36-43(22-31)35-45(23-32,24-33)38(40-27-15-7-2-8-16-27)46(25-34,42-29-19-11-4-12-20-29)37(39-26-13-5-1-6-14-26)44(36)41-28-17-9-3-10-18-28/h1-20,46H. The molecule has 4 aromatic rings. The Labute approximate surface area is 268 Å². The molecule has 0 aromatic heterocycles. The van der Waals surface area contributed by atoms with Gasteiger partial charge >= 0.3 is 269 Å². The number of hydrogen-bond acceptors (Lipinski definition) is 13. The fourth-order valence-electron chi connectivity index (χ4n) is 3.89. The SMILES string of the molecule is N#CN1P(C#N)N=P(C#N)(C#N)N(Oc2ccccc2)[PH](C#N)(Oc2ccccc2)N(Oc2ccccc2)P1Oc1ccccc1. The average Bonchev–Trinajstić information content (AvgIpc) is 3.12. The minimum absolute atomic E-state index is 0.142. The Morgan fingerprint density at radius 3 is 1.57 bits per heavy atom. The number of benzene rings is 4. The first kappa shape index (κ1) is 32.2. The van der Waals surface area contributed by atoms with Crippen LogP contribution in [0.15, 0.2) is 126 Å². The van der Waals surface area contributed by atoms with Gasteiger partial charge in [-0.1, -0.05) is 0 Å². The van der Waals surface area contributed by atoms with E-state index in [1.807, 2.05) is 23.6 Å². The van der Waals surface area contributed by atoms with E-state index in [0.29, 0.717) is 0 Å². The zero-order chi connectivity index (χ0) is 32.4. The molecule has 13 nitrogen and oxygen atoms in total. The normalized spacial score (nSPS) is 19.3. The minimum atomic E-state index is -4.95. The molecule has 4 aromatic carbocycles. The summed E-state index contributed by atoms with van der Waals surface area (Å²) in [5.41, 5.74) is 0. The van der Waals surface area contributed by atoms with Gasteiger partial charge < -0.3 is 0 Å². The first-order valence-electron chi connectivity index (χ1n) is 13.1. The van der Waals surface area contributed by atoms with E-state index in [9.17, 15) is 26.3 Å². The summed E-state index contributed by atoms with van der Waals surface area (Å²) in [5.74, 6) is 8.81. The molecule has 0 spiro atoms. The maximum atomic E-state index is 11.3. The van der Waals surface area contributed by atoms with Crippen LogP contribution in [-0.2, 0) is 0 Å². The molecule has 0 amide bonds. The molecule has 0 bridgehead atoms. The Hall–Kier alpha value is -5.23. The van der Waals surface area contributed by atoms with Crippen LogP contribution in [0.25, 0.3) is 0 Å². The first-order valence-corrected chi connectivity index (χ1v) is 19.0. The van der Waals surface area contributed by atoms with E-state index in [4.69, 9.17) is 18.7 Å². The number of rotatable bonds is 8. The molecule has 1 heterocycles. The van der Waals surface area contributed by atoms with Crippen LogP contribution in [0.5, 0.6) is 23.0 Å². The molecule has 2 unspecified atom stereocenters. The Balaban J connectivity index is 1.89. The van der Waals surface area contributed by atoms with Gasteiger partial charge in [-0.25, -0.2) is 0 Å². The molecular weight excluding hydrogens is 662 g/mol. The van der Waals surface area contributed by atoms with Gasteiger partial charge in [0.1, 0.15) is 0 Å². The van der Waals surface area contributed by atoms with Crippen molar-refractivity contribution in [1.29, 1.82) is 26.3 Å². The fraction of sp³-hybridized carbons (Fsp3) is 0. The van der Waals surface area contributed by atoms with Crippen molar-refractivity contribution in [2.75, 3.05) is 0 Å².